The van der Waals surface area contributed by atoms with Crippen LogP contribution in [0.1, 0.15) is 11.5 Å². The van der Waals surface area contributed by atoms with E-state index >= 15 is 0 Å². The molecule has 0 aliphatic heterocycles. The molecule has 0 saturated heterocycles. The average Bonchev–Trinajstić information content (AvgIpc) is 2.30. The Morgan fingerprint density at radius 1 is 1.19 bits per heavy atom. The first-order valence-electron chi connectivity index (χ1n) is 4.84. The Balaban J connectivity index is 2.69. The molecule has 2 rings (SSSR count). The number of carbonyl (C=O) groups is 1. The molecule has 3 heteroatoms. The van der Waals surface area contributed by atoms with Crippen molar-refractivity contribution >= 4 is 16.7 Å². The molecule has 0 amide bonds. The van der Waals surface area contributed by atoms with Crippen LogP contribution >= 0.6 is 0 Å². The van der Waals surface area contributed by atoms with E-state index in [1.54, 1.807) is 12.1 Å². The maximum Gasteiger partial charge on any atom is 0.325 e. The van der Waals surface area contributed by atoms with Crippen molar-refractivity contribution in [3.05, 3.63) is 48.0 Å². The number of fused-ring (bicyclic) bond motifs is 1. The van der Waals surface area contributed by atoms with Crippen molar-refractivity contribution in [3.63, 3.8) is 0 Å². The molecule has 0 aliphatic rings. The fourth-order valence-corrected chi connectivity index (χ4v) is 1.76. The van der Waals surface area contributed by atoms with Gasteiger partial charge in [0.25, 0.3) is 0 Å². The van der Waals surface area contributed by atoms with Gasteiger partial charge in [-0.3, -0.25) is 4.79 Å². The number of benzene rings is 2. The molecule has 16 heavy (non-hydrogen) atoms. The molecule has 0 saturated carbocycles. The van der Waals surface area contributed by atoms with Gasteiger partial charge in [-0.05, 0) is 16.3 Å². The first-order chi connectivity index (χ1) is 7.74. The normalized spacial score (nSPS) is 11.9. The van der Waals surface area contributed by atoms with Crippen molar-refractivity contribution in [2.75, 3.05) is 0 Å². The molecule has 0 radical (unpaired) electrons. The molecular formula is C13H9NO2. The fourth-order valence-electron chi connectivity index (χ4n) is 1.76. The number of rotatable bonds is 2. The van der Waals surface area contributed by atoms with Crippen molar-refractivity contribution < 1.29 is 9.90 Å². The van der Waals surface area contributed by atoms with Gasteiger partial charge in [-0.1, -0.05) is 42.5 Å². The van der Waals surface area contributed by atoms with Gasteiger partial charge in [0.2, 0.25) is 0 Å². The standard InChI is InChI=1S/C13H9NO2/c14-8-12(13(15)16)11-7-3-5-9-4-1-2-6-10(9)11/h1-7,12H,(H,15,16). The van der Waals surface area contributed by atoms with Crippen LogP contribution in [0.15, 0.2) is 42.5 Å². The van der Waals surface area contributed by atoms with E-state index in [9.17, 15) is 4.79 Å². The van der Waals surface area contributed by atoms with Crippen LogP contribution in [0.4, 0.5) is 0 Å². The zero-order chi connectivity index (χ0) is 11.5. The van der Waals surface area contributed by atoms with Gasteiger partial charge >= 0.3 is 5.97 Å². The van der Waals surface area contributed by atoms with E-state index < -0.39 is 11.9 Å². The lowest BCUT2D eigenvalue weighted by Crippen LogP contribution is -2.09. The molecule has 1 unspecified atom stereocenters. The lowest BCUT2D eigenvalue weighted by atomic mass is 9.94. The number of hydrogen-bond donors (Lipinski definition) is 1. The van der Waals surface area contributed by atoms with Gasteiger partial charge in [-0.15, -0.1) is 0 Å². The maximum atomic E-state index is 11.0. The minimum absolute atomic E-state index is 0.549. The van der Waals surface area contributed by atoms with Crippen LogP contribution in [0.3, 0.4) is 0 Å². The molecule has 0 bridgehead atoms. The number of nitriles is 1. The number of carboxylic acid groups (broad SMARTS) is 1. The summed E-state index contributed by atoms with van der Waals surface area (Å²) < 4.78 is 0. The van der Waals surface area contributed by atoms with Gasteiger partial charge in [-0.2, -0.15) is 5.26 Å². The molecular weight excluding hydrogens is 202 g/mol. The Morgan fingerprint density at radius 2 is 1.88 bits per heavy atom. The Morgan fingerprint density at radius 3 is 2.56 bits per heavy atom. The largest absolute Gasteiger partial charge is 0.480 e. The summed E-state index contributed by atoms with van der Waals surface area (Å²) in [6, 6.07) is 14.6. The highest BCUT2D eigenvalue weighted by atomic mass is 16.4. The van der Waals surface area contributed by atoms with Crippen LogP contribution in [-0.4, -0.2) is 11.1 Å². The van der Waals surface area contributed by atoms with Crippen LogP contribution in [0, 0.1) is 11.3 Å². The average molecular weight is 211 g/mol. The predicted molar refractivity (Wildman–Crippen MR) is 59.9 cm³/mol. The Kier molecular flexibility index (Phi) is 2.57. The number of carboxylic acids is 1. The molecule has 0 aliphatic carbocycles. The molecule has 2 aromatic carbocycles. The number of aliphatic carboxylic acids is 1. The summed E-state index contributed by atoms with van der Waals surface area (Å²) in [5.74, 6) is -2.22. The third-order valence-electron chi connectivity index (χ3n) is 2.51. The zero-order valence-corrected chi connectivity index (χ0v) is 8.42. The van der Waals surface area contributed by atoms with E-state index in [-0.39, 0.29) is 0 Å². The van der Waals surface area contributed by atoms with Crippen molar-refractivity contribution in [2.45, 2.75) is 5.92 Å². The highest BCUT2D eigenvalue weighted by Gasteiger charge is 2.20. The first kappa shape index (κ1) is 10.2. The lowest BCUT2D eigenvalue weighted by molar-refractivity contribution is -0.137. The van der Waals surface area contributed by atoms with Crippen LogP contribution in [0.25, 0.3) is 10.8 Å². The van der Waals surface area contributed by atoms with E-state index in [1.807, 2.05) is 36.4 Å². The second-order valence-electron chi connectivity index (χ2n) is 3.47. The third-order valence-corrected chi connectivity index (χ3v) is 2.51. The van der Waals surface area contributed by atoms with E-state index in [0.29, 0.717) is 5.56 Å². The monoisotopic (exact) mass is 211 g/mol. The Hall–Kier alpha value is -2.34. The molecule has 2 aromatic rings. The molecule has 0 aromatic heterocycles. The summed E-state index contributed by atoms with van der Waals surface area (Å²) in [7, 11) is 0. The first-order valence-corrected chi connectivity index (χ1v) is 4.84. The van der Waals surface area contributed by atoms with E-state index in [2.05, 4.69) is 0 Å². The highest BCUT2D eigenvalue weighted by molar-refractivity contribution is 5.92. The molecule has 0 heterocycles. The SMILES string of the molecule is N#CC(C(=O)O)c1cccc2ccccc12. The van der Waals surface area contributed by atoms with Crippen LogP contribution < -0.4 is 0 Å². The lowest BCUT2D eigenvalue weighted by Gasteiger charge is -2.08. The summed E-state index contributed by atoms with van der Waals surface area (Å²) >= 11 is 0. The van der Waals surface area contributed by atoms with E-state index in [0.717, 1.165) is 10.8 Å². The van der Waals surface area contributed by atoms with Gasteiger partial charge < -0.3 is 5.11 Å². The highest BCUT2D eigenvalue weighted by Crippen LogP contribution is 2.25. The van der Waals surface area contributed by atoms with Crippen molar-refractivity contribution in [2.24, 2.45) is 0 Å². The summed E-state index contributed by atoms with van der Waals surface area (Å²) in [6.07, 6.45) is 0. The topological polar surface area (TPSA) is 61.1 Å². The second kappa shape index (κ2) is 4.03. The molecule has 1 N–H and O–H groups in total. The minimum Gasteiger partial charge on any atom is -0.480 e. The summed E-state index contributed by atoms with van der Waals surface area (Å²) in [6.45, 7) is 0. The van der Waals surface area contributed by atoms with Gasteiger partial charge in [0.1, 0.15) is 0 Å². The third kappa shape index (κ3) is 1.61. The van der Waals surface area contributed by atoms with Crippen molar-refractivity contribution in [1.29, 1.82) is 5.26 Å². The Bertz CT molecular complexity index is 578. The van der Waals surface area contributed by atoms with Crippen LogP contribution in [0.5, 0.6) is 0 Å². The molecule has 1 atom stereocenters. The summed E-state index contributed by atoms with van der Waals surface area (Å²) in [5.41, 5.74) is 0.549. The van der Waals surface area contributed by atoms with Gasteiger partial charge in [0.05, 0.1) is 6.07 Å². The molecule has 78 valence electrons. The van der Waals surface area contributed by atoms with Crippen molar-refractivity contribution in [1.82, 2.24) is 0 Å². The number of nitrogens with zero attached hydrogens (tertiary/aromatic N) is 1. The smallest absolute Gasteiger partial charge is 0.325 e. The number of hydrogen-bond acceptors (Lipinski definition) is 2. The Labute approximate surface area is 92.6 Å². The maximum absolute atomic E-state index is 11.0. The molecule has 3 nitrogen and oxygen atoms in total. The summed E-state index contributed by atoms with van der Waals surface area (Å²) in [4.78, 5) is 11.0. The van der Waals surface area contributed by atoms with E-state index in [4.69, 9.17) is 10.4 Å². The van der Waals surface area contributed by atoms with Gasteiger partial charge in [-0.25, -0.2) is 0 Å². The predicted octanol–water partition coefficient (Wildman–Crippen LogP) is 2.53. The molecule has 0 spiro atoms. The zero-order valence-electron chi connectivity index (χ0n) is 8.42. The van der Waals surface area contributed by atoms with Crippen LogP contribution in [-0.2, 0) is 4.79 Å². The summed E-state index contributed by atoms with van der Waals surface area (Å²) in [5, 5.41) is 19.6. The van der Waals surface area contributed by atoms with Crippen LogP contribution in [0.2, 0.25) is 0 Å². The fraction of sp³-hybridized carbons (Fsp3) is 0.0769. The minimum atomic E-state index is -1.11. The quantitative estimate of drug-likeness (QED) is 0.830. The van der Waals surface area contributed by atoms with Gasteiger partial charge in [0, 0.05) is 0 Å². The van der Waals surface area contributed by atoms with Crippen molar-refractivity contribution in [3.8, 4) is 6.07 Å². The molecule has 0 fully saturated rings. The second-order valence-corrected chi connectivity index (χ2v) is 3.47. The van der Waals surface area contributed by atoms with Gasteiger partial charge in [0.15, 0.2) is 5.92 Å². The van der Waals surface area contributed by atoms with E-state index in [1.165, 1.54) is 0 Å².